The summed E-state index contributed by atoms with van der Waals surface area (Å²) in [6.07, 6.45) is 1.30. The van der Waals surface area contributed by atoms with E-state index in [0.717, 1.165) is 6.07 Å². The quantitative estimate of drug-likeness (QED) is 0.784. The molecule has 0 spiro atoms. The molecule has 0 bridgehead atoms. The smallest absolute Gasteiger partial charge is 0.261 e. The van der Waals surface area contributed by atoms with Gasteiger partial charge in [-0.25, -0.2) is 22.8 Å². The number of nitrogens with one attached hydrogen (secondary N) is 1. The van der Waals surface area contributed by atoms with Crippen molar-refractivity contribution in [2.45, 2.75) is 4.90 Å². The molecule has 1 aromatic heterocycles. The normalized spacial score (nSPS) is 11.4. The number of halogens is 4. The third kappa shape index (κ3) is 3.27. The van der Waals surface area contributed by atoms with E-state index >= 15 is 0 Å². The minimum absolute atomic E-state index is 0.0624. The molecule has 1 N–H and O–H groups in total. The summed E-state index contributed by atoms with van der Waals surface area (Å²) in [6.45, 7) is 0. The summed E-state index contributed by atoms with van der Waals surface area (Å²) in [5, 5.41) is -0.283. The predicted octanol–water partition coefficient (Wildman–Crippen LogP) is 3.59. The Bertz CT molecular complexity index is 773. The highest BCUT2D eigenvalue weighted by Crippen LogP contribution is 2.26. The zero-order valence-corrected chi connectivity index (χ0v) is 14.2. The number of anilines is 1. The molecule has 0 saturated carbocycles. The van der Waals surface area contributed by atoms with Crippen molar-refractivity contribution in [2.75, 3.05) is 4.72 Å². The maximum absolute atomic E-state index is 13.8. The van der Waals surface area contributed by atoms with E-state index in [-0.39, 0.29) is 15.4 Å². The molecule has 5 nitrogen and oxygen atoms in total. The van der Waals surface area contributed by atoms with Gasteiger partial charge in [-0.05, 0) is 44.0 Å². The average Bonchev–Trinajstić information content (AvgIpc) is 2.36. The predicted molar refractivity (Wildman–Crippen MR) is 79.7 cm³/mol. The van der Waals surface area contributed by atoms with Crippen molar-refractivity contribution in [3.05, 3.63) is 44.4 Å². The van der Waals surface area contributed by atoms with Gasteiger partial charge in [-0.2, -0.15) is 0 Å². The summed E-state index contributed by atoms with van der Waals surface area (Å²) in [5.74, 6) is -1.09. The van der Waals surface area contributed by atoms with E-state index in [4.69, 9.17) is 11.6 Å². The largest absolute Gasteiger partial charge is 0.266 e. The number of sulfonamides is 1. The van der Waals surface area contributed by atoms with Gasteiger partial charge in [0.05, 0.1) is 11.2 Å². The van der Waals surface area contributed by atoms with E-state index in [1.54, 1.807) is 0 Å². The number of rotatable bonds is 3. The van der Waals surface area contributed by atoms with Crippen LogP contribution in [0.4, 0.5) is 10.2 Å². The van der Waals surface area contributed by atoms with E-state index in [9.17, 15) is 12.8 Å². The van der Waals surface area contributed by atoms with Gasteiger partial charge in [-0.15, -0.1) is 0 Å². The molecule has 20 heavy (non-hydrogen) atoms. The van der Waals surface area contributed by atoms with E-state index in [0.29, 0.717) is 4.60 Å². The Morgan fingerprint density at radius 3 is 2.65 bits per heavy atom. The van der Waals surface area contributed by atoms with E-state index in [2.05, 4.69) is 46.5 Å². The lowest BCUT2D eigenvalue weighted by Gasteiger charge is -2.09. The fourth-order valence-corrected chi connectivity index (χ4v) is 3.68. The maximum atomic E-state index is 13.8. The summed E-state index contributed by atoms with van der Waals surface area (Å²) in [6, 6.07) is 3.69. The van der Waals surface area contributed by atoms with Crippen molar-refractivity contribution in [1.82, 2.24) is 9.97 Å². The van der Waals surface area contributed by atoms with Crippen LogP contribution >= 0.6 is 43.5 Å². The second kappa shape index (κ2) is 5.92. The van der Waals surface area contributed by atoms with Gasteiger partial charge < -0.3 is 0 Å². The van der Waals surface area contributed by atoms with Gasteiger partial charge in [0.25, 0.3) is 10.0 Å². The van der Waals surface area contributed by atoms with Gasteiger partial charge in [0, 0.05) is 0 Å². The van der Waals surface area contributed by atoms with Crippen LogP contribution in [-0.2, 0) is 10.0 Å². The Labute approximate surface area is 135 Å². The van der Waals surface area contributed by atoms with Gasteiger partial charge in [-0.3, -0.25) is 4.72 Å². The Hall–Kier alpha value is -0.770. The molecule has 2 rings (SSSR count). The average molecular weight is 445 g/mol. The standard InChI is InChI=1S/C10H5Br2ClFN3O2S/c11-7-4-15-10(9(12)16-7)17-20(18,19)6-3-1-2-5(13)8(6)14/h1-4H,(H,15,17). The van der Waals surface area contributed by atoms with Crippen LogP contribution in [0.3, 0.4) is 0 Å². The van der Waals surface area contributed by atoms with Crippen molar-refractivity contribution >= 4 is 59.3 Å². The van der Waals surface area contributed by atoms with Crippen molar-refractivity contribution in [2.24, 2.45) is 0 Å². The number of hydrogen-bond acceptors (Lipinski definition) is 4. The molecule has 0 unspecified atom stereocenters. The summed E-state index contributed by atoms with van der Waals surface area (Å²) in [7, 11) is -4.16. The summed E-state index contributed by atoms with van der Waals surface area (Å²) < 4.78 is 40.7. The molecule has 0 aliphatic heterocycles. The number of hydrogen-bond donors (Lipinski definition) is 1. The molecule has 0 saturated heterocycles. The van der Waals surface area contributed by atoms with Crippen molar-refractivity contribution < 1.29 is 12.8 Å². The summed E-state index contributed by atoms with van der Waals surface area (Å²) in [5.41, 5.74) is 0. The fourth-order valence-electron chi connectivity index (χ4n) is 1.29. The monoisotopic (exact) mass is 443 g/mol. The van der Waals surface area contributed by atoms with Gasteiger partial charge in [0.1, 0.15) is 9.50 Å². The molecule has 0 aliphatic carbocycles. The van der Waals surface area contributed by atoms with Gasteiger partial charge >= 0.3 is 0 Å². The lowest BCUT2D eigenvalue weighted by Crippen LogP contribution is -2.16. The van der Waals surface area contributed by atoms with Crippen LogP contribution in [0.1, 0.15) is 0 Å². The Morgan fingerprint density at radius 1 is 1.30 bits per heavy atom. The highest BCUT2D eigenvalue weighted by Gasteiger charge is 2.22. The zero-order chi connectivity index (χ0) is 14.9. The number of aromatic nitrogens is 2. The van der Waals surface area contributed by atoms with E-state index in [1.807, 2.05) is 0 Å². The SMILES string of the molecule is O=S(=O)(Nc1ncc(Br)nc1Br)c1cccc(Cl)c1F. The molecule has 0 fully saturated rings. The molecule has 1 aromatic carbocycles. The molecule has 0 radical (unpaired) electrons. The van der Waals surface area contributed by atoms with Gasteiger partial charge in [0.2, 0.25) is 0 Å². The highest BCUT2D eigenvalue weighted by atomic mass is 79.9. The first kappa shape index (κ1) is 15.6. The number of nitrogens with zero attached hydrogens (tertiary/aromatic N) is 2. The second-order valence-corrected chi connectivity index (χ2v) is 7.11. The topological polar surface area (TPSA) is 72.0 Å². The maximum Gasteiger partial charge on any atom is 0.266 e. The third-order valence-electron chi connectivity index (χ3n) is 2.14. The minimum atomic E-state index is -4.16. The van der Waals surface area contributed by atoms with Crippen LogP contribution < -0.4 is 4.72 Å². The van der Waals surface area contributed by atoms with E-state index in [1.165, 1.54) is 18.3 Å². The molecular weight excluding hydrogens is 440 g/mol. The molecule has 0 atom stereocenters. The molecule has 0 amide bonds. The highest BCUT2D eigenvalue weighted by molar-refractivity contribution is 9.11. The molecule has 10 heteroatoms. The van der Waals surface area contributed by atoms with E-state index < -0.39 is 20.7 Å². The summed E-state index contributed by atoms with van der Waals surface area (Å²) in [4.78, 5) is 7.19. The van der Waals surface area contributed by atoms with Crippen molar-refractivity contribution in [3.63, 3.8) is 0 Å². The van der Waals surface area contributed by atoms with Crippen molar-refractivity contribution in [1.29, 1.82) is 0 Å². The van der Waals surface area contributed by atoms with Gasteiger partial charge in [0.15, 0.2) is 16.2 Å². The van der Waals surface area contributed by atoms with Crippen LogP contribution in [0.15, 0.2) is 38.5 Å². The summed E-state index contributed by atoms with van der Waals surface area (Å²) >= 11 is 11.7. The second-order valence-electron chi connectivity index (χ2n) is 3.49. The van der Waals surface area contributed by atoms with Gasteiger partial charge in [-0.1, -0.05) is 17.7 Å². The first-order valence-electron chi connectivity index (χ1n) is 4.96. The Morgan fingerprint density at radius 2 is 2.00 bits per heavy atom. The third-order valence-corrected chi connectivity index (χ3v) is 4.72. The van der Waals surface area contributed by atoms with Crippen LogP contribution in [0, 0.1) is 5.82 Å². The lowest BCUT2D eigenvalue weighted by atomic mass is 10.3. The van der Waals surface area contributed by atoms with Crippen LogP contribution in [0.25, 0.3) is 0 Å². The molecule has 1 heterocycles. The van der Waals surface area contributed by atoms with Crippen LogP contribution in [-0.4, -0.2) is 18.4 Å². The minimum Gasteiger partial charge on any atom is -0.261 e. The molecule has 2 aromatic rings. The lowest BCUT2D eigenvalue weighted by molar-refractivity contribution is 0.570. The molecule has 106 valence electrons. The first-order valence-corrected chi connectivity index (χ1v) is 8.41. The Balaban J connectivity index is 2.44. The zero-order valence-electron chi connectivity index (χ0n) is 9.44. The van der Waals surface area contributed by atoms with Crippen LogP contribution in [0.5, 0.6) is 0 Å². The molecular formula is C10H5Br2ClFN3O2S. The Kier molecular flexibility index (Phi) is 4.62. The number of benzene rings is 1. The fraction of sp³-hybridized carbons (Fsp3) is 0. The molecule has 0 aliphatic rings. The van der Waals surface area contributed by atoms with Crippen LogP contribution in [0.2, 0.25) is 5.02 Å². The first-order chi connectivity index (χ1) is 9.31. The van der Waals surface area contributed by atoms with Crippen molar-refractivity contribution in [3.8, 4) is 0 Å².